The minimum absolute atomic E-state index is 0. The van der Waals surface area contributed by atoms with E-state index < -0.39 is 0 Å². The molecule has 184 valence electrons. The van der Waals surface area contributed by atoms with Crippen molar-refractivity contribution in [3.8, 4) is 11.5 Å². The van der Waals surface area contributed by atoms with Gasteiger partial charge in [-0.15, -0.1) is 24.8 Å². The molecule has 2 N–H and O–H groups in total. The summed E-state index contributed by atoms with van der Waals surface area (Å²) in [5, 5.41) is 6.58. The maximum atomic E-state index is 6.03. The molecule has 3 aromatic rings. The largest absolute Gasteiger partial charge is 0.489 e. The van der Waals surface area contributed by atoms with Gasteiger partial charge in [-0.3, -0.25) is 9.98 Å². The van der Waals surface area contributed by atoms with Crippen molar-refractivity contribution >= 4 is 36.5 Å². The zero-order valence-corrected chi connectivity index (χ0v) is 21.3. The molecule has 2 heterocycles. The number of hydrogen-bond acceptors (Lipinski definition) is 6. The Labute approximate surface area is 218 Å². The minimum atomic E-state index is 0. The van der Waals surface area contributed by atoms with Crippen LogP contribution in [-0.4, -0.2) is 37.9 Å². The van der Waals surface area contributed by atoms with Gasteiger partial charge in [0.2, 0.25) is 0 Å². The first kappa shape index (κ1) is 26.4. The molecule has 0 bridgehead atoms. The maximum Gasteiger partial charge on any atom is 0.128 e. The van der Waals surface area contributed by atoms with Crippen molar-refractivity contribution in [2.24, 2.45) is 9.98 Å². The molecule has 6 nitrogen and oxygen atoms in total. The summed E-state index contributed by atoms with van der Waals surface area (Å²) in [5.41, 5.74) is 5.63. The Morgan fingerprint density at radius 1 is 0.657 bits per heavy atom. The molecule has 0 amide bonds. The van der Waals surface area contributed by atoms with Crippen molar-refractivity contribution in [3.63, 3.8) is 0 Å². The van der Waals surface area contributed by atoms with Crippen LogP contribution in [0.3, 0.4) is 0 Å². The molecule has 0 spiro atoms. The van der Waals surface area contributed by atoms with E-state index >= 15 is 0 Å². The lowest BCUT2D eigenvalue weighted by Gasteiger charge is -2.12. The van der Waals surface area contributed by atoms with Gasteiger partial charge in [-0.05, 0) is 72.6 Å². The van der Waals surface area contributed by atoms with Crippen LogP contribution in [0.5, 0.6) is 11.5 Å². The lowest BCUT2D eigenvalue weighted by Crippen LogP contribution is -2.19. The molecule has 0 unspecified atom stereocenters. The van der Waals surface area contributed by atoms with Crippen LogP contribution in [-0.2, 0) is 13.2 Å². The van der Waals surface area contributed by atoms with Crippen LogP contribution < -0.4 is 20.1 Å². The summed E-state index contributed by atoms with van der Waals surface area (Å²) in [5.74, 6) is 3.61. The summed E-state index contributed by atoms with van der Waals surface area (Å²) in [6, 6.07) is 22.6. The normalized spacial score (nSPS) is 14.0. The van der Waals surface area contributed by atoms with Crippen molar-refractivity contribution in [1.82, 2.24) is 10.6 Å². The molecule has 3 aromatic carbocycles. The lowest BCUT2D eigenvalue weighted by atomic mass is 10.1. The molecule has 2 aliphatic heterocycles. The van der Waals surface area contributed by atoms with Gasteiger partial charge in [0.15, 0.2) is 0 Å². The van der Waals surface area contributed by atoms with E-state index in [2.05, 4.69) is 45.7 Å². The SMILES string of the molecule is Cc1cc(COc2ccc(C3=NCCN3)cc2)cc(COc2ccc(C3=NCCN3)cc2)c1.Cl.Cl. The number of nitrogens with one attached hydrogen (secondary N) is 2. The van der Waals surface area contributed by atoms with E-state index in [1.165, 1.54) is 5.56 Å². The fraction of sp³-hybridized carbons (Fsp3) is 0.259. The van der Waals surface area contributed by atoms with Crippen molar-refractivity contribution < 1.29 is 9.47 Å². The Balaban J connectivity index is 0.00000171. The Morgan fingerprint density at radius 3 is 1.46 bits per heavy atom. The van der Waals surface area contributed by atoms with Crippen LogP contribution in [0.4, 0.5) is 0 Å². The predicted octanol–water partition coefficient (Wildman–Crippen LogP) is 4.70. The molecule has 2 aliphatic rings. The van der Waals surface area contributed by atoms with Gasteiger partial charge in [-0.25, -0.2) is 0 Å². The predicted molar refractivity (Wildman–Crippen MR) is 146 cm³/mol. The zero-order chi connectivity index (χ0) is 22.5. The van der Waals surface area contributed by atoms with E-state index in [1.807, 2.05) is 48.5 Å². The topological polar surface area (TPSA) is 67.2 Å². The summed E-state index contributed by atoms with van der Waals surface area (Å²) in [7, 11) is 0. The second kappa shape index (κ2) is 12.5. The number of aliphatic imine (C=N–C) groups is 2. The van der Waals surface area contributed by atoms with Gasteiger partial charge >= 0.3 is 0 Å². The molecule has 5 rings (SSSR count). The third-order valence-electron chi connectivity index (χ3n) is 5.61. The van der Waals surface area contributed by atoms with Gasteiger partial charge in [0, 0.05) is 24.2 Å². The number of amidine groups is 2. The van der Waals surface area contributed by atoms with Gasteiger partial charge in [-0.2, -0.15) is 0 Å². The quantitative estimate of drug-likeness (QED) is 0.459. The molecule has 0 fully saturated rings. The number of benzene rings is 3. The molecule has 0 saturated carbocycles. The molecule has 0 atom stereocenters. The van der Waals surface area contributed by atoms with Crippen molar-refractivity contribution in [2.75, 3.05) is 26.2 Å². The van der Waals surface area contributed by atoms with Crippen molar-refractivity contribution in [2.45, 2.75) is 20.1 Å². The zero-order valence-electron chi connectivity index (χ0n) is 19.6. The highest BCUT2D eigenvalue weighted by Gasteiger charge is 2.09. The monoisotopic (exact) mass is 512 g/mol. The van der Waals surface area contributed by atoms with Crippen LogP contribution in [0.1, 0.15) is 27.8 Å². The fourth-order valence-electron chi connectivity index (χ4n) is 4.05. The van der Waals surface area contributed by atoms with Crippen molar-refractivity contribution in [3.05, 3.63) is 94.5 Å². The van der Waals surface area contributed by atoms with Crippen molar-refractivity contribution in [1.29, 1.82) is 0 Å². The molecular formula is C27H30Cl2N4O2. The fourth-order valence-corrected chi connectivity index (χ4v) is 4.05. The van der Waals surface area contributed by atoms with Gasteiger partial charge in [-0.1, -0.05) is 17.7 Å². The van der Waals surface area contributed by atoms with Crippen LogP contribution in [0.2, 0.25) is 0 Å². The van der Waals surface area contributed by atoms with Gasteiger partial charge < -0.3 is 20.1 Å². The Bertz CT molecular complexity index is 1090. The van der Waals surface area contributed by atoms with Crippen LogP contribution in [0, 0.1) is 6.92 Å². The number of hydrogen-bond donors (Lipinski definition) is 2. The number of ether oxygens (including phenoxy) is 2. The number of aryl methyl sites for hydroxylation is 1. The summed E-state index contributed by atoms with van der Waals surface area (Å²) in [6.45, 7) is 6.61. The first-order valence-electron chi connectivity index (χ1n) is 11.4. The highest BCUT2D eigenvalue weighted by molar-refractivity contribution is 6.00. The molecule has 35 heavy (non-hydrogen) atoms. The van der Waals surface area contributed by atoms with Crippen LogP contribution >= 0.6 is 24.8 Å². The van der Waals surface area contributed by atoms with Gasteiger partial charge in [0.05, 0.1) is 13.1 Å². The number of halogens is 2. The summed E-state index contributed by atoms with van der Waals surface area (Å²) < 4.78 is 12.1. The van der Waals surface area contributed by atoms with Crippen LogP contribution in [0.15, 0.2) is 76.7 Å². The molecule has 8 heteroatoms. The summed E-state index contributed by atoms with van der Waals surface area (Å²) >= 11 is 0. The van der Waals surface area contributed by atoms with E-state index in [4.69, 9.17) is 9.47 Å². The second-order valence-electron chi connectivity index (χ2n) is 8.27. The third kappa shape index (κ3) is 6.90. The third-order valence-corrected chi connectivity index (χ3v) is 5.61. The maximum absolute atomic E-state index is 6.03. The van der Waals surface area contributed by atoms with Crippen LogP contribution in [0.25, 0.3) is 0 Å². The Kier molecular flexibility index (Phi) is 9.40. The standard InChI is InChI=1S/C27H28N4O2.2ClH/c1-19-14-20(17-32-24-6-2-22(3-7-24)26-28-10-11-29-26)16-21(15-19)18-33-25-8-4-23(5-9-25)27-30-12-13-31-27;;/h2-9,14-16H,10-13,17-18H2,1H3,(H,28,29)(H,30,31);2*1H. The average molecular weight is 513 g/mol. The average Bonchev–Trinajstić information content (AvgIpc) is 3.57. The first-order chi connectivity index (χ1) is 16.2. The molecule has 0 aliphatic carbocycles. The van der Waals surface area contributed by atoms with E-state index in [9.17, 15) is 0 Å². The summed E-state index contributed by atoms with van der Waals surface area (Å²) in [6.07, 6.45) is 0. The van der Waals surface area contributed by atoms with E-state index in [-0.39, 0.29) is 24.8 Å². The second-order valence-corrected chi connectivity index (χ2v) is 8.27. The summed E-state index contributed by atoms with van der Waals surface area (Å²) in [4.78, 5) is 8.91. The Hall–Kier alpha value is -3.22. The smallest absolute Gasteiger partial charge is 0.128 e. The molecule has 0 aromatic heterocycles. The van der Waals surface area contributed by atoms with E-state index in [0.29, 0.717) is 13.2 Å². The lowest BCUT2D eigenvalue weighted by molar-refractivity contribution is 0.299. The molecule has 0 saturated heterocycles. The highest BCUT2D eigenvalue weighted by Crippen LogP contribution is 2.19. The van der Waals surface area contributed by atoms with E-state index in [0.717, 1.165) is 71.6 Å². The van der Waals surface area contributed by atoms with Gasteiger partial charge in [0.25, 0.3) is 0 Å². The first-order valence-corrected chi connectivity index (χ1v) is 11.4. The molecule has 0 radical (unpaired) electrons. The molecular weight excluding hydrogens is 483 g/mol. The Morgan fingerprint density at radius 2 is 1.09 bits per heavy atom. The highest BCUT2D eigenvalue weighted by atomic mass is 35.5. The number of rotatable bonds is 8. The number of nitrogens with zero attached hydrogens (tertiary/aromatic N) is 2. The van der Waals surface area contributed by atoms with Gasteiger partial charge in [0.1, 0.15) is 36.4 Å². The minimum Gasteiger partial charge on any atom is -0.489 e. The van der Waals surface area contributed by atoms with E-state index in [1.54, 1.807) is 0 Å².